The third-order valence-electron chi connectivity index (χ3n) is 4.18. The number of esters is 1. The van der Waals surface area contributed by atoms with Gasteiger partial charge in [0.05, 0.1) is 18.6 Å². The second kappa shape index (κ2) is 7.46. The smallest absolute Gasteiger partial charge is 0.306 e. The minimum absolute atomic E-state index is 0.0907. The molecule has 6 heteroatoms. The number of hydrazine groups is 1. The summed E-state index contributed by atoms with van der Waals surface area (Å²) in [4.78, 5) is 24.0. The number of nitrogens with one attached hydrogen (secondary N) is 2. The van der Waals surface area contributed by atoms with Gasteiger partial charge in [-0.05, 0) is 32.3 Å². The summed E-state index contributed by atoms with van der Waals surface area (Å²) in [5.41, 5.74) is 6.48. The number of carbonyl (C=O) groups is 2. The summed E-state index contributed by atoms with van der Waals surface area (Å²) in [5, 5.41) is 0. The van der Waals surface area contributed by atoms with Crippen LogP contribution in [-0.4, -0.2) is 32.1 Å². The number of aryl methyl sites for hydroxylation is 1. The number of hydrogen-bond acceptors (Lipinski definition) is 5. The Kier molecular flexibility index (Phi) is 5.60. The molecule has 1 heterocycles. The normalized spacial score (nSPS) is 19.4. The van der Waals surface area contributed by atoms with Gasteiger partial charge in [0.2, 0.25) is 5.91 Å². The van der Waals surface area contributed by atoms with Crippen molar-refractivity contribution < 1.29 is 19.1 Å². The van der Waals surface area contributed by atoms with E-state index in [-0.39, 0.29) is 11.9 Å². The van der Waals surface area contributed by atoms with Crippen molar-refractivity contribution in [1.82, 2.24) is 10.9 Å². The number of fused-ring (bicyclic) bond motifs is 1. The fourth-order valence-corrected chi connectivity index (χ4v) is 2.84. The molecule has 1 aliphatic heterocycles. The molecule has 1 amide bonds. The molecule has 1 unspecified atom stereocenters. The van der Waals surface area contributed by atoms with Crippen molar-refractivity contribution in [3.05, 3.63) is 29.3 Å². The van der Waals surface area contributed by atoms with E-state index in [2.05, 4.69) is 10.9 Å². The maximum atomic E-state index is 12.4. The predicted octanol–water partition coefficient (Wildman–Crippen LogP) is 1.47. The molecule has 1 aliphatic rings. The first-order valence-electron chi connectivity index (χ1n) is 7.91. The first-order chi connectivity index (χ1) is 11.0. The van der Waals surface area contributed by atoms with E-state index < -0.39 is 5.41 Å². The van der Waals surface area contributed by atoms with Crippen molar-refractivity contribution in [3.63, 3.8) is 0 Å². The summed E-state index contributed by atoms with van der Waals surface area (Å²) in [7, 11) is 1.66. The maximum absolute atomic E-state index is 12.4. The minimum Gasteiger partial charge on any atom is -0.493 e. The molecule has 126 valence electrons. The number of amides is 1. The lowest BCUT2D eigenvalue weighted by molar-refractivity contribution is -0.143. The first kappa shape index (κ1) is 17.3. The summed E-state index contributed by atoms with van der Waals surface area (Å²) in [6, 6.07) is 5.75. The lowest BCUT2D eigenvalue weighted by atomic mass is 9.76. The number of hydrogen-bond donors (Lipinski definition) is 2. The third-order valence-corrected chi connectivity index (χ3v) is 4.18. The van der Waals surface area contributed by atoms with Crippen LogP contribution in [-0.2, 0) is 26.2 Å². The summed E-state index contributed by atoms with van der Waals surface area (Å²) < 4.78 is 10.8. The van der Waals surface area contributed by atoms with Crippen molar-refractivity contribution >= 4 is 11.9 Å². The van der Waals surface area contributed by atoms with E-state index in [1.165, 1.54) is 0 Å². The Morgan fingerprint density at radius 1 is 1.39 bits per heavy atom. The van der Waals surface area contributed by atoms with Crippen LogP contribution in [0.3, 0.4) is 0 Å². The summed E-state index contributed by atoms with van der Waals surface area (Å²) in [6.45, 7) is 4.55. The number of carbonyl (C=O) groups excluding carboxylic acids is 2. The Balaban J connectivity index is 2.26. The topological polar surface area (TPSA) is 76.7 Å². The average molecular weight is 320 g/mol. The molecule has 0 spiro atoms. The highest BCUT2D eigenvalue weighted by atomic mass is 16.5. The van der Waals surface area contributed by atoms with Gasteiger partial charge in [0, 0.05) is 19.0 Å². The van der Waals surface area contributed by atoms with Crippen molar-refractivity contribution in [3.8, 4) is 5.75 Å². The van der Waals surface area contributed by atoms with Crippen LogP contribution in [0.5, 0.6) is 5.75 Å². The molecule has 1 atom stereocenters. The standard InChI is InChI=1S/C17H24N2O4/c1-4-22-14(20)9-8-12-6-5-7-13-15(12)23-11-10-17(13,2)16(21)19-18-3/h5-7,18H,4,8-11H2,1-3H3,(H,19,21). The van der Waals surface area contributed by atoms with Gasteiger partial charge in [0.1, 0.15) is 5.75 Å². The molecular formula is C17H24N2O4. The summed E-state index contributed by atoms with van der Waals surface area (Å²) in [6.07, 6.45) is 1.44. The van der Waals surface area contributed by atoms with E-state index in [1.54, 1.807) is 14.0 Å². The molecule has 2 rings (SSSR count). The van der Waals surface area contributed by atoms with Gasteiger partial charge >= 0.3 is 5.97 Å². The molecule has 1 aromatic rings. The predicted molar refractivity (Wildman–Crippen MR) is 86.1 cm³/mol. The molecule has 6 nitrogen and oxygen atoms in total. The van der Waals surface area contributed by atoms with Gasteiger partial charge in [-0.25, -0.2) is 5.43 Å². The van der Waals surface area contributed by atoms with E-state index in [9.17, 15) is 9.59 Å². The summed E-state index contributed by atoms with van der Waals surface area (Å²) >= 11 is 0. The second-order valence-electron chi connectivity index (χ2n) is 5.73. The monoisotopic (exact) mass is 320 g/mol. The lowest BCUT2D eigenvalue weighted by Gasteiger charge is -2.35. The highest BCUT2D eigenvalue weighted by molar-refractivity contribution is 5.88. The molecule has 2 N–H and O–H groups in total. The molecule has 0 fully saturated rings. The van der Waals surface area contributed by atoms with E-state index in [4.69, 9.17) is 9.47 Å². The Morgan fingerprint density at radius 2 is 2.17 bits per heavy atom. The van der Waals surface area contributed by atoms with Crippen molar-refractivity contribution in [2.45, 2.75) is 38.5 Å². The SMILES string of the molecule is CCOC(=O)CCc1cccc2c1OCCC2(C)C(=O)NNC. The molecule has 0 bridgehead atoms. The van der Waals surface area contributed by atoms with Gasteiger partial charge in [-0.2, -0.15) is 0 Å². The van der Waals surface area contributed by atoms with Gasteiger partial charge in [-0.1, -0.05) is 18.2 Å². The molecular weight excluding hydrogens is 296 g/mol. The van der Waals surface area contributed by atoms with Crippen LogP contribution >= 0.6 is 0 Å². The quantitative estimate of drug-likeness (QED) is 0.613. The van der Waals surface area contributed by atoms with Gasteiger partial charge < -0.3 is 9.47 Å². The van der Waals surface area contributed by atoms with E-state index in [0.717, 1.165) is 16.9 Å². The zero-order valence-electron chi connectivity index (χ0n) is 13.9. The third kappa shape index (κ3) is 3.64. The first-order valence-corrected chi connectivity index (χ1v) is 7.91. The molecule has 0 saturated heterocycles. The van der Waals surface area contributed by atoms with Gasteiger partial charge in [0.25, 0.3) is 0 Å². The molecule has 0 radical (unpaired) electrons. The van der Waals surface area contributed by atoms with E-state index in [0.29, 0.717) is 32.5 Å². The van der Waals surface area contributed by atoms with Gasteiger partial charge in [-0.15, -0.1) is 0 Å². The van der Waals surface area contributed by atoms with Crippen LogP contribution in [0.4, 0.5) is 0 Å². The van der Waals surface area contributed by atoms with Crippen molar-refractivity contribution in [2.24, 2.45) is 0 Å². The van der Waals surface area contributed by atoms with Gasteiger partial charge in [-0.3, -0.25) is 15.0 Å². The van der Waals surface area contributed by atoms with Crippen LogP contribution in [0.2, 0.25) is 0 Å². The Bertz CT molecular complexity index is 588. The maximum Gasteiger partial charge on any atom is 0.306 e. The molecule has 0 aromatic heterocycles. The van der Waals surface area contributed by atoms with E-state index >= 15 is 0 Å². The second-order valence-corrected chi connectivity index (χ2v) is 5.73. The average Bonchev–Trinajstić information content (AvgIpc) is 2.54. The molecule has 0 saturated carbocycles. The van der Waals surface area contributed by atoms with Crippen LogP contribution in [0, 0.1) is 0 Å². The Hall–Kier alpha value is -2.08. The number of para-hydroxylation sites is 1. The summed E-state index contributed by atoms with van der Waals surface area (Å²) in [5.74, 6) is 0.403. The van der Waals surface area contributed by atoms with Crippen molar-refractivity contribution in [2.75, 3.05) is 20.3 Å². The van der Waals surface area contributed by atoms with Crippen LogP contribution in [0.15, 0.2) is 18.2 Å². The Labute approximate surface area is 136 Å². The molecule has 0 aliphatic carbocycles. The van der Waals surface area contributed by atoms with Crippen LogP contribution in [0.1, 0.15) is 37.8 Å². The lowest BCUT2D eigenvalue weighted by Crippen LogP contribution is -2.49. The fraction of sp³-hybridized carbons (Fsp3) is 0.529. The number of ether oxygens (including phenoxy) is 2. The zero-order chi connectivity index (χ0) is 16.9. The van der Waals surface area contributed by atoms with Crippen LogP contribution < -0.4 is 15.6 Å². The highest BCUT2D eigenvalue weighted by Crippen LogP contribution is 2.41. The van der Waals surface area contributed by atoms with Gasteiger partial charge in [0.15, 0.2) is 0 Å². The highest BCUT2D eigenvalue weighted by Gasteiger charge is 2.40. The molecule has 23 heavy (non-hydrogen) atoms. The fourth-order valence-electron chi connectivity index (χ4n) is 2.84. The largest absolute Gasteiger partial charge is 0.493 e. The van der Waals surface area contributed by atoms with Crippen LogP contribution in [0.25, 0.3) is 0 Å². The van der Waals surface area contributed by atoms with Crippen molar-refractivity contribution in [1.29, 1.82) is 0 Å². The van der Waals surface area contributed by atoms with E-state index in [1.807, 2.05) is 25.1 Å². The molecule has 1 aromatic carbocycles. The number of benzene rings is 1. The zero-order valence-corrected chi connectivity index (χ0v) is 13.9. The Morgan fingerprint density at radius 3 is 2.87 bits per heavy atom. The number of rotatable bonds is 6. The minimum atomic E-state index is -0.656.